The van der Waals surface area contributed by atoms with Gasteiger partial charge < -0.3 is 0 Å². The van der Waals surface area contributed by atoms with E-state index in [4.69, 9.17) is 0 Å². The molecule has 0 saturated carbocycles. The molecule has 0 aliphatic heterocycles. The average molecular weight is 559 g/mol. The molecule has 4 aromatic rings. The number of rotatable bonds is 7. The van der Waals surface area contributed by atoms with Gasteiger partial charge in [-0.25, -0.2) is 17.5 Å². The number of amides is 1. The van der Waals surface area contributed by atoms with Crippen molar-refractivity contribution in [1.82, 2.24) is 4.72 Å². The summed E-state index contributed by atoms with van der Waals surface area (Å²) in [5, 5.41) is 16.2. The zero-order valence-corrected chi connectivity index (χ0v) is 21.8. The molecule has 202 valence electrons. The third-order valence-electron chi connectivity index (χ3n) is 6.53. The van der Waals surface area contributed by atoms with Crippen molar-refractivity contribution in [3.05, 3.63) is 124 Å². The number of aryl methyl sites for hydroxylation is 1. The van der Waals surface area contributed by atoms with Crippen LogP contribution >= 0.6 is 0 Å². The molecule has 0 atom stereocenters. The van der Waals surface area contributed by atoms with E-state index in [1.54, 1.807) is 24.3 Å². The highest BCUT2D eigenvalue weighted by molar-refractivity contribution is 7.90. The molecular formula is C29H23FN4O5S. The minimum Gasteiger partial charge on any atom is -0.271 e. The molecule has 0 saturated heterocycles. The molecule has 0 unspecified atom stereocenters. The number of carbonyl (C=O) groups is 1. The molecule has 0 radical (unpaired) electrons. The number of hydrogen-bond donors (Lipinski definition) is 2. The number of hydrogen-bond acceptors (Lipinski definition) is 7. The first-order chi connectivity index (χ1) is 19.2. The number of sulfonamides is 1. The van der Waals surface area contributed by atoms with E-state index in [1.807, 2.05) is 29.0 Å². The maximum atomic E-state index is 13.2. The summed E-state index contributed by atoms with van der Waals surface area (Å²) in [6, 6.07) is 22.9. The van der Waals surface area contributed by atoms with Gasteiger partial charge in [0.05, 0.1) is 15.5 Å². The second kappa shape index (κ2) is 11.1. The first-order valence-corrected chi connectivity index (χ1v) is 13.8. The number of fused-ring (bicyclic) bond motifs is 1. The maximum absolute atomic E-state index is 13.2. The van der Waals surface area contributed by atoms with Gasteiger partial charge in [0.1, 0.15) is 11.5 Å². The summed E-state index contributed by atoms with van der Waals surface area (Å²) in [4.78, 5) is 23.3. The Balaban J connectivity index is 1.34. The molecule has 40 heavy (non-hydrogen) atoms. The van der Waals surface area contributed by atoms with E-state index >= 15 is 0 Å². The van der Waals surface area contributed by atoms with Crippen LogP contribution in [0, 0.1) is 15.9 Å². The van der Waals surface area contributed by atoms with Crippen molar-refractivity contribution in [3.63, 3.8) is 0 Å². The smallest absolute Gasteiger partial charge is 0.271 e. The van der Waals surface area contributed by atoms with Crippen molar-refractivity contribution < 1.29 is 22.5 Å². The second-order valence-electron chi connectivity index (χ2n) is 9.14. The second-order valence-corrected chi connectivity index (χ2v) is 10.8. The summed E-state index contributed by atoms with van der Waals surface area (Å²) in [5.41, 5.74) is 6.58. The molecule has 0 bridgehead atoms. The Hall–Kier alpha value is -4.90. The van der Waals surface area contributed by atoms with Crippen molar-refractivity contribution in [2.45, 2.75) is 24.2 Å². The third-order valence-corrected chi connectivity index (χ3v) is 7.86. The first-order valence-electron chi connectivity index (χ1n) is 12.3. The summed E-state index contributed by atoms with van der Waals surface area (Å²) in [6.45, 7) is 0. The van der Waals surface area contributed by atoms with Gasteiger partial charge in [-0.3, -0.25) is 20.3 Å². The zero-order valence-electron chi connectivity index (χ0n) is 21.0. The van der Waals surface area contributed by atoms with Gasteiger partial charge in [-0.05, 0) is 72.4 Å². The molecule has 1 aliphatic rings. The van der Waals surface area contributed by atoms with E-state index in [2.05, 4.69) is 10.5 Å². The number of anilines is 1. The zero-order chi connectivity index (χ0) is 28.3. The van der Waals surface area contributed by atoms with Crippen LogP contribution in [0.1, 0.15) is 34.3 Å². The van der Waals surface area contributed by atoms with Crippen LogP contribution in [0.5, 0.6) is 0 Å². The van der Waals surface area contributed by atoms with Gasteiger partial charge in [-0.1, -0.05) is 48.5 Å². The molecule has 0 heterocycles. The number of nitro benzene ring substituents is 1. The molecule has 0 spiro atoms. The average Bonchev–Trinajstić information content (AvgIpc) is 2.96. The summed E-state index contributed by atoms with van der Waals surface area (Å²) in [6.07, 6.45) is 2.51. The van der Waals surface area contributed by atoms with Crippen LogP contribution in [-0.2, 0) is 16.4 Å². The predicted molar refractivity (Wildman–Crippen MR) is 149 cm³/mol. The highest BCUT2D eigenvalue weighted by Gasteiger charge is 2.24. The third kappa shape index (κ3) is 5.74. The van der Waals surface area contributed by atoms with E-state index in [9.17, 15) is 27.7 Å². The van der Waals surface area contributed by atoms with Gasteiger partial charge in [0.2, 0.25) is 0 Å². The number of nitrogens with zero attached hydrogens (tertiary/aromatic N) is 2. The van der Waals surface area contributed by atoms with Gasteiger partial charge in [0, 0.05) is 17.2 Å². The molecule has 11 heteroatoms. The fraction of sp³-hybridized carbons (Fsp3) is 0.103. The molecule has 0 fully saturated rings. The van der Waals surface area contributed by atoms with Gasteiger partial charge in [0.25, 0.3) is 21.6 Å². The van der Waals surface area contributed by atoms with Crippen LogP contribution in [-0.4, -0.2) is 25.0 Å². The minimum absolute atomic E-state index is 0.0159. The van der Waals surface area contributed by atoms with Crippen molar-refractivity contribution in [2.75, 3.05) is 5.43 Å². The lowest BCUT2D eigenvalue weighted by molar-refractivity contribution is -0.384. The molecule has 4 aromatic carbocycles. The van der Waals surface area contributed by atoms with Crippen LogP contribution in [0.4, 0.5) is 15.8 Å². The van der Waals surface area contributed by atoms with E-state index in [-0.39, 0.29) is 17.1 Å². The summed E-state index contributed by atoms with van der Waals surface area (Å²) < 4.78 is 41.0. The molecule has 1 amide bonds. The number of carbonyl (C=O) groups excluding carboxylic acids is 1. The van der Waals surface area contributed by atoms with E-state index < -0.39 is 31.4 Å². The van der Waals surface area contributed by atoms with Crippen LogP contribution in [0.2, 0.25) is 0 Å². The van der Waals surface area contributed by atoms with Crippen molar-refractivity contribution in [2.24, 2.45) is 5.10 Å². The Labute approximate surface area is 229 Å². The molecule has 0 aromatic heterocycles. The summed E-state index contributed by atoms with van der Waals surface area (Å²) >= 11 is 0. The largest absolute Gasteiger partial charge is 0.295 e. The van der Waals surface area contributed by atoms with Crippen LogP contribution in [0.3, 0.4) is 0 Å². The highest BCUT2D eigenvalue weighted by atomic mass is 32.2. The maximum Gasteiger partial charge on any atom is 0.295 e. The lowest BCUT2D eigenvalue weighted by Gasteiger charge is -2.17. The van der Waals surface area contributed by atoms with Crippen molar-refractivity contribution >= 4 is 33.0 Å². The Morgan fingerprint density at radius 2 is 1.57 bits per heavy atom. The van der Waals surface area contributed by atoms with Gasteiger partial charge in [-0.15, -0.1) is 0 Å². The Morgan fingerprint density at radius 3 is 2.27 bits per heavy atom. The lowest BCUT2D eigenvalue weighted by atomic mass is 9.90. The van der Waals surface area contributed by atoms with Gasteiger partial charge in [-0.2, -0.15) is 5.10 Å². The van der Waals surface area contributed by atoms with Gasteiger partial charge >= 0.3 is 0 Å². The highest BCUT2D eigenvalue weighted by Crippen LogP contribution is 2.29. The molecule has 2 N–H and O–H groups in total. The Kier molecular flexibility index (Phi) is 7.39. The first kappa shape index (κ1) is 26.7. The van der Waals surface area contributed by atoms with E-state index in [1.165, 1.54) is 30.3 Å². The van der Waals surface area contributed by atoms with Crippen molar-refractivity contribution in [3.8, 4) is 11.1 Å². The van der Waals surface area contributed by atoms with Gasteiger partial charge in [0.15, 0.2) is 0 Å². The molecular weight excluding hydrogens is 535 g/mol. The Morgan fingerprint density at radius 1 is 0.900 bits per heavy atom. The number of hydrazone groups is 1. The standard InChI is InChI=1S/C29H23FN4O5S/c30-23-14-12-20(13-15-23)19-8-10-22(11-9-19)29(35)33-40(38,39)24-16-17-27(28(18-24)34(36)37)32-31-26-7-3-5-21-4-1-2-6-25(21)26/h1-2,4,6,8-18,32H,3,5,7H2,(H,33,35). The molecule has 9 nitrogen and oxygen atoms in total. The predicted octanol–water partition coefficient (Wildman–Crippen LogP) is 5.67. The van der Waals surface area contributed by atoms with E-state index in [0.717, 1.165) is 47.4 Å². The van der Waals surface area contributed by atoms with Crippen LogP contribution in [0.25, 0.3) is 11.1 Å². The van der Waals surface area contributed by atoms with E-state index in [0.29, 0.717) is 12.0 Å². The van der Waals surface area contributed by atoms with Crippen LogP contribution < -0.4 is 10.1 Å². The summed E-state index contributed by atoms with van der Waals surface area (Å²) in [7, 11) is -4.43. The number of nitro groups is 1. The molecule has 5 rings (SSSR count). The summed E-state index contributed by atoms with van der Waals surface area (Å²) in [5.74, 6) is -1.28. The monoisotopic (exact) mass is 558 g/mol. The number of nitrogens with one attached hydrogen (secondary N) is 2. The minimum atomic E-state index is -4.43. The molecule has 1 aliphatic carbocycles. The quantitative estimate of drug-likeness (QED) is 0.222. The topological polar surface area (TPSA) is 131 Å². The number of halogens is 1. The SMILES string of the molecule is O=C(NS(=O)(=O)c1ccc(NN=C2CCCc3ccccc32)c([N+](=O)[O-])c1)c1ccc(-c2ccc(F)cc2)cc1. The number of benzene rings is 4. The fourth-order valence-electron chi connectivity index (χ4n) is 4.47. The Bertz CT molecular complexity index is 1740. The fourth-order valence-corrected chi connectivity index (χ4v) is 5.46. The lowest BCUT2D eigenvalue weighted by Crippen LogP contribution is -2.30. The normalized spacial score (nSPS) is 13.9. The van der Waals surface area contributed by atoms with Crippen LogP contribution in [0.15, 0.2) is 101 Å². The van der Waals surface area contributed by atoms with Crippen molar-refractivity contribution in [1.29, 1.82) is 0 Å².